The van der Waals surface area contributed by atoms with Crippen molar-refractivity contribution >= 4 is 41.7 Å². The summed E-state index contributed by atoms with van der Waals surface area (Å²) in [4.78, 5) is 4.65. The Bertz CT molecular complexity index is 527. The van der Waals surface area contributed by atoms with Crippen LogP contribution in [0.25, 0.3) is 0 Å². The monoisotopic (exact) mass is 480 g/mol. The highest BCUT2D eigenvalue weighted by atomic mass is 127. The van der Waals surface area contributed by atoms with E-state index in [1.54, 1.807) is 11.8 Å². The van der Waals surface area contributed by atoms with Gasteiger partial charge < -0.3 is 15.2 Å². The van der Waals surface area contributed by atoms with Crippen LogP contribution in [0.1, 0.15) is 45.9 Å². The molecule has 0 amide bonds. The molecule has 1 aromatic heterocycles. The Hall–Kier alpha value is -0.510. The number of aromatic nitrogens is 3. The summed E-state index contributed by atoms with van der Waals surface area (Å²) in [5, 5.41) is 16.5. The molecule has 1 saturated carbocycles. The Balaban J connectivity index is 0.00000312. The number of nitrogens with one attached hydrogen (secondary N) is 2. The van der Waals surface area contributed by atoms with Crippen molar-refractivity contribution in [2.45, 2.75) is 58.2 Å². The Morgan fingerprint density at radius 3 is 2.68 bits per heavy atom. The van der Waals surface area contributed by atoms with Crippen molar-refractivity contribution in [2.24, 2.45) is 16.8 Å². The topological polar surface area (TPSA) is 67.1 Å². The molecule has 1 aliphatic carbocycles. The van der Waals surface area contributed by atoms with Crippen LogP contribution < -0.4 is 10.6 Å². The first kappa shape index (κ1) is 22.5. The van der Waals surface area contributed by atoms with E-state index in [0.717, 1.165) is 61.9 Å². The lowest BCUT2D eigenvalue weighted by atomic mass is 10.2. The lowest BCUT2D eigenvalue weighted by molar-refractivity contribution is 0.477. The number of thioether (sulfide) groups is 1. The number of hydrogen-bond acceptors (Lipinski definition) is 4. The Labute approximate surface area is 173 Å². The molecule has 0 aliphatic heterocycles. The zero-order valence-electron chi connectivity index (χ0n) is 15.9. The van der Waals surface area contributed by atoms with Crippen LogP contribution in [0, 0.1) is 11.8 Å². The summed E-state index contributed by atoms with van der Waals surface area (Å²) in [6, 6.07) is 0. The smallest absolute Gasteiger partial charge is 0.191 e. The number of guanidine groups is 1. The molecule has 0 radical (unpaired) electrons. The van der Waals surface area contributed by atoms with E-state index < -0.39 is 0 Å². The van der Waals surface area contributed by atoms with Gasteiger partial charge in [-0.2, -0.15) is 0 Å². The van der Waals surface area contributed by atoms with Gasteiger partial charge in [0.05, 0.1) is 0 Å². The third-order valence-corrected chi connectivity index (χ3v) is 4.61. The van der Waals surface area contributed by atoms with Crippen molar-refractivity contribution in [2.75, 3.05) is 25.9 Å². The molecule has 2 rings (SSSR count). The summed E-state index contributed by atoms with van der Waals surface area (Å²) in [6.07, 6.45) is 6.71. The van der Waals surface area contributed by atoms with Crippen LogP contribution in [0.3, 0.4) is 0 Å². The van der Waals surface area contributed by atoms with Crippen LogP contribution in [-0.4, -0.2) is 46.6 Å². The summed E-state index contributed by atoms with van der Waals surface area (Å²) in [5.74, 6) is 3.45. The van der Waals surface area contributed by atoms with Gasteiger partial charge in [-0.3, -0.25) is 4.99 Å². The van der Waals surface area contributed by atoms with Gasteiger partial charge >= 0.3 is 0 Å². The number of nitrogens with zero attached hydrogens (tertiary/aromatic N) is 4. The molecule has 0 bridgehead atoms. The summed E-state index contributed by atoms with van der Waals surface area (Å²) in [7, 11) is 0. The maximum Gasteiger partial charge on any atom is 0.191 e. The van der Waals surface area contributed by atoms with Gasteiger partial charge in [0.1, 0.15) is 5.82 Å². The van der Waals surface area contributed by atoms with E-state index in [1.807, 2.05) is 0 Å². The van der Waals surface area contributed by atoms with Gasteiger partial charge in [0, 0.05) is 32.6 Å². The van der Waals surface area contributed by atoms with Crippen LogP contribution in [-0.2, 0) is 13.0 Å². The minimum Gasteiger partial charge on any atom is -0.357 e. The average molecular weight is 480 g/mol. The van der Waals surface area contributed by atoms with Crippen LogP contribution in [0.5, 0.6) is 0 Å². The fourth-order valence-corrected chi connectivity index (χ4v) is 3.04. The van der Waals surface area contributed by atoms with Gasteiger partial charge in [0.15, 0.2) is 11.1 Å². The number of hydrogen-bond donors (Lipinski definition) is 2. The normalized spacial score (nSPS) is 14.5. The average Bonchev–Trinajstić information content (AvgIpc) is 3.31. The van der Waals surface area contributed by atoms with Gasteiger partial charge in [-0.1, -0.05) is 25.6 Å². The maximum absolute atomic E-state index is 4.65. The van der Waals surface area contributed by atoms with Gasteiger partial charge in [-0.15, -0.1) is 34.2 Å². The van der Waals surface area contributed by atoms with Crippen molar-refractivity contribution in [3.05, 3.63) is 5.82 Å². The maximum atomic E-state index is 4.65. The number of aliphatic imine (C=N–C) groups is 1. The Morgan fingerprint density at radius 1 is 1.32 bits per heavy atom. The molecule has 1 heterocycles. The molecule has 0 saturated heterocycles. The third-order valence-electron chi connectivity index (χ3n) is 3.94. The minimum atomic E-state index is 0. The number of halogens is 1. The quantitative estimate of drug-likeness (QED) is 0.177. The molecular weight excluding hydrogens is 447 g/mol. The number of rotatable bonds is 10. The molecule has 0 spiro atoms. The highest BCUT2D eigenvalue weighted by molar-refractivity contribution is 14.0. The molecule has 0 atom stereocenters. The first-order chi connectivity index (χ1) is 11.6. The van der Waals surface area contributed by atoms with E-state index >= 15 is 0 Å². The molecule has 1 fully saturated rings. The predicted octanol–water partition coefficient (Wildman–Crippen LogP) is 3.17. The van der Waals surface area contributed by atoms with Crippen LogP contribution in [0.4, 0.5) is 0 Å². The van der Waals surface area contributed by atoms with Crippen molar-refractivity contribution < 1.29 is 0 Å². The molecule has 6 nitrogen and oxygen atoms in total. The Kier molecular flexibility index (Phi) is 10.8. The van der Waals surface area contributed by atoms with Gasteiger partial charge in [-0.05, 0) is 44.3 Å². The zero-order chi connectivity index (χ0) is 17.4. The molecule has 25 heavy (non-hydrogen) atoms. The highest BCUT2D eigenvalue weighted by Crippen LogP contribution is 2.28. The Morgan fingerprint density at radius 2 is 2.08 bits per heavy atom. The van der Waals surface area contributed by atoms with Gasteiger partial charge in [-0.25, -0.2) is 0 Å². The molecule has 8 heteroatoms. The van der Waals surface area contributed by atoms with Crippen molar-refractivity contribution in [3.8, 4) is 0 Å². The first-order valence-corrected chi connectivity index (χ1v) is 10.3. The standard InChI is InChI=1S/C17H32N6S.HI/c1-5-18-16(20-11-14-8-9-14)19-10-6-7-15-21-22-17(24-4)23(15)12-13(2)3;/h13-14H,5-12H2,1-4H3,(H2,18,19,20);1H. The molecule has 0 aromatic carbocycles. The van der Waals surface area contributed by atoms with E-state index in [9.17, 15) is 0 Å². The van der Waals surface area contributed by atoms with Crippen molar-refractivity contribution in [1.82, 2.24) is 25.4 Å². The van der Waals surface area contributed by atoms with E-state index in [4.69, 9.17) is 0 Å². The largest absolute Gasteiger partial charge is 0.357 e. The van der Waals surface area contributed by atoms with E-state index in [2.05, 4.69) is 57.4 Å². The van der Waals surface area contributed by atoms with E-state index in [-0.39, 0.29) is 24.0 Å². The second-order valence-electron chi connectivity index (χ2n) is 6.80. The van der Waals surface area contributed by atoms with Crippen molar-refractivity contribution in [1.29, 1.82) is 0 Å². The molecule has 144 valence electrons. The van der Waals surface area contributed by atoms with Gasteiger partial charge in [0.2, 0.25) is 0 Å². The fraction of sp³-hybridized carbons (Fsp3) is 0.824. The lowest BCUT2D eigenvalue weighted by Gasteiger charge is -2.13. The molecule has 0 unspecified atom stereocenters. The second-order valence-corrected chi connectivity index (χ2v) is 7.57. The SMILES string of the molecule is CCNC(=NCC1CC1)NCCCc1nnc(SC)n1CC(C)C.I. The summed E-state index contributed by atoms with van der Waals surface area (Å²) in [6.45, 7) is 10.3. The minimum absolute atomic E-state index is 0. The van der Waals surface area contributed by atoms with Gasteiger partial charge in [0.25, 0.3) is 0 Å². The molecule has 1 aliphatic rings. The van der Waals surface area contributed by atoms with E-state index in [1.165, 1.54) is 12.8 Å². The zero-order valence-corrected chi connectivity index (χ0v) is 19.1. The van der Waals surface area contributed by atoms with Crippen LogP contribution in [0.2, 0.25) is 0 Å². The number of aryl methyl sites for hydroxylation is 1. The summed E-state index contributed by atoms with van der Waals surface area (Å²) >= 11 is 1.67. The highest BCUT2D eigenvalue weighted by Gasteiger charge is 2.20. The van der Waals surface area contributed by atoms with Crippen LogP contribution >= 0.6 is 35.7 Å². The van der Waals surface area contributed by atoms with Crippen molar-refractivity contribution in [3.63, 3.8) is 0 Å². The molecule has 2 N–H and O–H groups in total. The van der Waals surface area contributed by atoms with Crippen LogP contribution in [0.15, 0.2) is 10.1 Å². The van der Waals surface area contributed by atoms with E-state index in [0.29, 0.717) is 5.92 Å². The lowest BCUT2D eigenvalue weighted by Crippen LogP contribution is -2.38. The molecule has 1 aromatic rings. The predicted molar refractivity (Wildman–Crippen MR) is 117 cm³/mol. The summed E-state index contributed by atoms with van der Waals surface area (Å²) < 4.78 is 2.27. The second kappa shape index (κ2) is 12.0. The first-order valence-electron chi connectivity index (χ1n) is 9.12. The molecular formula is C17H33IN6S. The fourth-order valence-electron chi connectivity index (χ4n) is 2.52. The summed E-state index contributed by atoms with van der Waals surface area (Å²) in [5.41, 5.74) is 0. The third kappa shape index (κ3) is 8.15.